The van der Waals surface area contributed by atoms with Crippen molar-refractivity contribution >= 4 is 23.4 Å². The van der Waals surface area contributed by atoms with Crippen molar-refractivity contribution in [3.8, 4) is 11.5 Å². The third kappa shape index (κ3) is 3.74. The molecule has 1 aliphatic heterocycles. The highest BCUT2D eigenvalue weighted by atomic mass is 32.2. The van der Waals surface area contributed by atoms with Gasteiger partial charge < -0.3 is 14.8 Å². The van der Waals surface area contributed by atoms with E-state index in [1.807, 2.05) is 36.4 Å². The topological polar surface area (TPSA) is 60.5 Å². The predicted octanol–water partition coefficient (Wildman–Crippen LogP) is 4.24. The fourth-order valence-electron chi connectivity index (χ4n) is 3.24. The zero-order chi connectivity index (χ0) is 17.1. The number of amides is 1. The van der Waals surface area contributed by atoms with Crippen molar-refractivity contribution in [2.24, 2.45) is 0 Å². The molecular weight excluding hydrogens is 336 g/mol. The Morgan fingerprint density at radius 2 is 1.96 bits per heavy atom. The monoisotopic (exact) mass is 356 g/mol. The van der Waals surface area contributed by atoms with Gasteiger partial charge in [-0.25, -0.2) is 4.98 Å². The number of hydrogen-bond acceptors (Lipinski definition) is 5. The minimum Gasteiger partial charge on any atom is -0.448 e. The Bertz CT molecular complexity index is 761. The Hall–Kier alpha value is -2.21. The molecule has 6 heteroatoms. The van der Waals surface area contributed by atoms with E-state index in [0.29, 0.717) is 5.75 Å². The molecule has 25 heavy (non-hydrogen) atoms. The maximum atomic E-state index is 12.1. The molecule has 0 bridgehead atoms. The van der Waals surface area contributed by atoms with Crippen molar-refractivity contribution < 1.29 is 14.3 Å². The number of benzene rings is 1. The van der Waals surface area contributed by atoms with Gasteiger partial charge in [0.05, 0.1) is 10.8 Å². The number of carbonyl (C=O) groups excluding carboxylic acids is 1. The van der Waals surface area contributed by atoms with E-state index in [0.717, 1.165) is 47.9 Å². The van der Waals surface area contributed by atoms with E-state index in [2.05, 4.69) is 10.3 Å². The van der Waals surface area contributed by atoms with Gasteiger partial charge in [-0.2, -0.15) is 0 Å². The van der Waals surface area contributed by atoms with Crippen LogP contribution in [0.15, 0.2) is 47.6 Å². The molecule has 1 amide bonds. The first-order valence-corrected chi connectivity index (χ1v) is 9.57. The summed E-state index contributed by atoms with van der Waals surface area (Å²) in [5, 5.41) is 3.75. The molecule has 2 aromatic rings. The lowest BCUT2D eigenvalue weighted by atomic mass is 9.94. The fraction of sp³-hybridized carbons (Fsp3) is 0.368. The van der Waals surface area contributed by atoms with Crippen LogP contribution >= 0.6 is 11.8 Å². The lowest BCUT2D eigenvalue weighted by molar-refractivity contribution is -0.113. The Balaban J connectivity index is 1.37. The molecule has 0 unspecified atom stereocenters. The average Bonchev–Trinajstić information content (AvgIpc) is 2.98. The van der Waals surface area contributed by atoms with Gasteiger partial charge in [-0.05, 0) is 37.1 Å². The van der Waals surface area contributed by atoms with E-state index in [9.17, 15) is 4.79 Å². The number of nitrogens with zero attached hydrogens (tertiary/aromatic N) is 1. The van der Waals surface area contributed by atoms with Gasteiger partial charge in [-0.15, -0.1) is 0 Å². The highest BCUT2D eigenvalue weighted by Gasteiger charge is 2.42. The first-order chi connectivity index (χ1) is 12.2. The lowest BCUT2D eigenvalue weighted by Crippen LogP contribution is -2.40. The van der Waals surface area contributed by atoms with Crippen LogP contribution in [-0.4, -0.2) is 22.4 Å². The molecule has 2 aliphatic rings. The Morgan fingerprint density at radius 3 is 2.76 bits per heavy atom. The summed E-state index contributed by atoms with van der Waals surface area (Å²) in [6, 6.07) is 11.2. The molecule has 1 N–H and O–H groups in total. The number of nitrogens with one attached hydrogen (secondary N) is 1. The van der Waals surface area contributed by atoms with Crippen LogP contribution in [0.5, 0.6) is 11.5 Å². The van der Waals surface area contributed by atoms with Crippen molar-refractivity contribution in [2.45, 2.75) is 42.9 Å². The van der Waals surface area contributed by atoms with E-state index >= 15 is 0 Å². The van der Waals surface area contributed by atoms with Crippen LogP contribution in [0.2, 0.25) is 0 Å². The second-order valence-corrected chi connectivity index (χ2v) is 7.34. The zero-order valence-electron chi connectivity index (χ0n) is 13.9. The van der Waals surface area contributed by atoms with Crippen LogP contribution in [0, 0.1) is 0 Å². The highest BCUT2D eigenvalue weighted by Crippen LogP contribution is 2.46. The number of carbonyl (C=O) groups is 1. The van der Waals surface area contributed by atoms with Crippen LogP contribution in [0.4, 0.5) is 5.69 Å². The molecule has 0 saturated heterocycles. The number of ether oxygens (including phenoxy) is 2. The van der Waals surface area contributed by atoms with E-state index in [1.54, 1.807) is 6.20 Å². The van der Waals surface area contributed by atoms with Gasteiger partial charge >= 0.3 is 0 Å². The summed E-state index contributed by atoms with van der Waals surface area (Å²) in [6.07, 6.45) is 7.05. The summed E-state index contributed by atoms with van der Waals surface area (Å²) in [5.41, 5.74) is 0.724. The number of pyridine rings is 1. The minimum absolute atomic E-state index is 0.0677. The second kappa shape index (κ2) is 6.96. The van der Waals surface area contributed by atoms with Gasteiger partial charge in [0, 0.05) is 30.8 Å². The molecular formula is C19H20N2O3S. The number of hydrogen-bond donors (Lipinski definition) is 1. The quantitative estimate of drug-likeness (QED) is 0.830. The van der Waals surface area contributed by atoms with Crippen LogP contribution < -0.4 is 14.8 Å². The summed E-state index contributed by atoms with van der Waals surface area (Å²) in [6.45, 7) is 0. The Morgan fingerprint density at radius 1 is 1.12 bits per heavy atom. The van der Waals surface area contributed by atoms with Crippen molar-refractivity contribution in [3.63, 3.8) is 0 Å². The van der Waals surface area contributed by atoms with E-state index in [-0.39, 0.29) is 5.91 Å². The average molecular weight is 356 g/mol. The summed E-state index contributed by atoms with van der Waals surface area (Å²) >= 11 is 1.41. The van der Waals surface area contributed by atoms with E-state index in [4.69, 9.17) is 9.47 Å². The van der Waals surface area contributed by atoms with Crippen LogP contribution in [-0.2, 0) is 4.79 Å². The SMILES string of the molecule is O=C(CSc1ccccn1)Nc1ccc2c(c1)OC1(CCCCC1)O2. The maximum Gasteiger partial charge on any atom is 0.251 e. The first kappa shape index (κ1) is 16.3. The first-order valence-electron chi connectivity index (χ1n) is 8.58. The van der Waals surface area contributed by atoms with Gasteiger partial charge in [-0.1, -0.05) is 24.2 Å². The van der Waals surface area contributed by atoms with E-state index in [1.165, 1.54) is 18.2 Å². The molecule has 5 nitrogen and oxygen atoms in total. The van der Waals surface area contributed by atoms with Crippen molar-refractivity contribution in [1.29, 1.82) is 0 Å². The lowest BCUT2D eigenvalue weighted by Gasteiger charge is -2.31. The van der Waals surface area contributed by atoms with Crippen molar-refractivity contribution in [2.75, 3.05) is 11.1 Å². The van der Waals surface area contributed by atoms with Gasteiger partial charge in [0.1, 0.15) is 0 Å². The van der Waals surface area contributed by atoms with Gasteiger partial charge in [-0.3, -0.25) is 4.79 Å². The summed E-state index contributed by atoms with van der Waals surface area (Å²) in [4.78, 5) is 16.3. The van der Waals surface area contributed by atoms with Crippen LogP contribution in [0.25, 0.3) is 0 Å². The summed E-state index contributed by atoms with van der Waals surface area (Å²) in [7, 11) is 0. The minimum atomic E-state index is -0.488. The molecule has 0 atom stereocenters. The molecule has 1 aliphatic carbocycles. The van der Waals surface area contributed by atoms with Gasteiger partial charge in [0.2, 0.25) is 5.91 Å². The van der Waals surface area contributed by atoms with E-state index < -0.39 is 5.79 Å². The predicted molar refractivity (Wildman–Crippen MR) is 97.1 cm³/mol. The molecule has 1 fully saturated rings. The zero-order valence-corrected chi connectivity index (χ0v) is 14.7. The molecule has 1 aromatic carbocycles. The van der Waals surface area contributed by atoms with Crippen molar-refractivity contribution in [1.82, 2.24) is 4.98 Å². The van der Waals surface area contributed by atoms with Crippen LogP contribution in [0.3, 0.4) is 0 Å². The molecule has 4 rings (SSSR count). The van der Waals surface area contributed by atoms with Gasteiger partial charge in [0.15, 0.2) is 11.5 Å². The summed E-state index contributed by atoms with van der Waals surface area (Å²) < 4.78 is 12.2. The molecule has 1 spiro atoms. The Kier molecular flexibility index (Phi) is 4.53. The van der Waals surface area contributed by atoms with Crippen molar-refractivity contribution in [3.05, 3.63) is 42.6 Å². The molecule has 1 aromatic heterocycles. The normalized spacial score (nSPS) is 17.4. The fourth-order valence-corrected chi connectivity index (χ4v) is 3.90. The van der Waals surface area contributed by atoms with Crippen LogP contribution in [0.1, 0.15) is 32.1 Å². The third-order valence-corrected chi connectivity index (χ3v) is 5.37. The largest absolute Gasteiger partial charge is 0.448 e. The number of thioether (sulfide) groups is 1. The molecule has 1 saturated carbocycles. The third-order valence-electron chi connectivity index (χ3n) is 4.42. The smallest absolute Gasteiger partial charge is 0.251 e. The number of rotatable bonds is 4. The number of anilines is 1. The number of aromatic nitrogens is 1. The molecule has 2 heterocycles. The second-order valence-electron chi connectivity index (χ2n) is 6.34. The Labute approximate surface area is 151 Å². The standard InChI is InChI=1S/C19H20N2O3S/c22-17(13-25-18-6-2-5-11-20-18)21-14-7-8-15-16(12-14)24-19(23-15)9-3-1-4-10-19/h2,5-8,11-12H,1,3-4,9-10,13H2,(H,21,22). The summed E-state index contributed by atoms with van der Waals surface area (Å²) in [5.74, 6) is 1.25. The molecule has 0 radical (unpaired) electrons. The maximum absolute atomic E-state index is 12.1. The van der Waals surface area contributed by atoms with Gasteiger partial charge in [0.25, 0.3) is 5.79 Å². The molecule has 130 valence electrons. The number of fused-ring (bicyclic) bond motifs is 1. The highest BCUT2D eigenvalue weighted by molar-refractivity contribution is 7.99.